The summed E-state index contributed by atoms with van der Waals surface area (Å²) in [5, 5.41) is 0.258. The Labute approximate surface area is 203 Å². The Morgan fingerprint density at radius 1 is 0.625 bits per heavy atom. The molecule has 32 heavy (non-hydrogen) atoms. The summed E-state index contributed by atoms with van der Waals surface area (Å²) >= 11 is 7.39. The van der Waals surface area contributed by atoms with Crippen molar-refractivity contribution in [1.82, 2.24) is 0 Å². The molecule has 0 aliphatic rings. The minimum atomic E-state index is 0. The number of thioether (sulfide) groups is 1. The molecule has 1 unspecified atom stereocenters. The van der Waals surface area contributed by atoms with Gasteiger partial charge in [0.1, 0.15) is 0 Å². The van der Waals surface area contributed by atoms with E-state index in [0.717, 1.165) is 23.3 Å². The molecule has 0 aliphatic carbocycles. The highest BCUT2D eigenvalue weighted by Crippen LogP contribution is 2.30. The second-order valence-corrected chi connectivity index (χ2v) is 8.61. The average Bonchev–Trinajstić information content (AvgIpc) is 2.86. The lowest BCUT2D eigenvalue weighted by atomic mass is 10.0. The molecule has 4 aromatic rings. The molecule has 0 bridgehead atoms. The molecule has 0 aliphatic heterocycles. The average molecular weight is 457 g/mol. The summed E-state index contributed by atoms with van der Waals surface area (Å²) in [6.07, 6.45) is 4.36. The molecule has 0 heterocycles. The summed E-state index contributed by atoms with van der Waals surface area (Å²) in [6, 6.07) is 41.9. The van der Waals surface area contributed by atoms with Crippen molar-refractivity contribution in [3.05, 3.63) is 144 Å². The topological polar surface area (TPSA) is 0 Å². The van der Waals surface area contributed by atoms with Gasteiger partial charge in [-0.3, -0.25) is 0 Å². The predicted octanol–water partition coefficient (Wildman–Crippen LogP) is 8.62. The van der Waals surface area contributed by atoms with Gasteiger partial charge in [0.05, 0.1) is 5.25 Å². The Morgan fingerprint density at radius 2 is 1.00 bits per heavy atom. The highest BCUT2D eigenvalue weighted by Gasteiger charge is 2.16. The van der Waals surface area contributed by atoms with E-state index < -0.39 is 0 Å². The predicted molar refractivity (Wildman–Crippen MR) is 148 cm³/mol. The van der Waals surface area contributed by atoms with Crippen molar-refractivity contribution in [3.63, 3.8) is 0 Å². The number of hydrogen-bond donors (Lipinski definition) is 0. The quantitative estimate of drug-likeness (QED) is 0.202. The van der Waals surface area contributed by atoms with Crippen molar-refractivity contribution >= 4 is 28.8 Å². The minimum absolute atomic E-state index is 0. The van der Waals surface area contributed by atoms with Crippen LogP contribution in [0.2, 0.25) is 0 Å². The zero-order valence-electron chi connectivity index (χ0n) is 17.9. The Hall–Kier alpha value is -2.68. The van der Waals surface area contributed by atoms with Gasteiger partial charge in [-0.1, -0.05) is 141 Å². The lowest BCUT2D eigenvalue weighted by Crippen LogP contribution is -2.07. The van der Waals surface area contributed by atoms with Crippen LogP contribution in [0.3, 0.4) is 0 Å². The first-order chi connectivity index (χ1) is 15.3. The standard InChI is InChI=1S/C15H14S2.C14H14.CH4/c1-17-15(13-10-6-3-7-11-13)14(16)12-8-4-2-5-9-12;1-3-7-13(8-4-1)11-12-14-9-5-2-6-10-14;/h2-11,15H,1H3;1-10H,11-12H2;1H4. The van der Waals surface area contributed by atoms with Gasteiger partial charge in [0.25, 0.3) is 0 Å². The Morgan fingerprint density at radius 3 is 1.41 bits per heavy atom. The van der Waals surface area contributed by atoms with Crippen LogP contribution in [-0.4, -0.2) is 11.1 Å². The number of rotatable bonds is 7. The van der Waals surface area contributed by atoms with Crippen molar-refractivity contribution in [2.45, 2.75) is 25.5 Å². The molecule has 0 saturated heterocycles. The van der Waals surface area contributed by atoms with E-state index in [0.29, 0.717) is 0 Å². The summed E-state index contributed by atoms with van der Waals surface area (Å²) < 4.78 is 0. The van der Waals surface area contributed by atoms with Crippen molar-refractivity contribution in [3.8, 4) is 0 Å². The fraction of sp³-hybridized carbons (Fsp3) is 0.167. The first-order valence-electron chi connectivity index (χ1n) is 10.5. The molecule has 0 nitrogen and oxygen atoms in total. The van der Waals surface area contributed by atoms with E-state index in [2.05, 4.69) is 103 Å². The number of benzene rings is 4. The second kappa shape index (κ2) is 14.4. The second-order valence-electron chi connectivity index (χ2n) is 7.23. The molecule has 0 spiro atoms. The molecule has 0 radical (unpaired) electrons. The molecule has 0 N–H and O–H groups in total. The maximum atomic E-state index is 5.60. The van der Waals surface area contributed by atoms with Gasteiger partial charge in [0.2, 0.25) is 0 Å². The molecule has 0 saturated carbocycles. The maximum absolute atomic E-state index is 5.60. The third-order valence-electron chi connectivity index (χ3n) is 5.02. The Balaban J connectivity index is 0.000000224. The fourth-order valence-corrected chi connectivity index (χ4v) is 4.69. The molecule has 4 rings (SSSR count). The molecular formula is C30H32S2. The van der Waals surface area contributed by atoms with Crippen LogP contribution in [0.25, 0.3) is 0 Å². The molecule has 164 valence electrons. The van der Waals surface area contributed by atoms with Crippen LogP contribution in [0, 0.1) is 0 Å². The molecule has 2 heteroatoms. The largest absolute Gasteiger partial charge is 0.151 e. The van der Waals surface area contributed by atoms with E-state index in [1.807, 2.05) is 24.3 Å². The fourth-order valence-electron chi connectivity index (χ4n) is 3.35. The zero-order valence-corrected chi connectivity index (χ0v) is 19.5. The van der Waals surface area contributed by atoms with Crippen molar-refractivity contribution in [2.24, 2.45) is 0 Å². The molecule has 0 fully saturated rings. The van der Waals surface area contributed by atoms with E-state index in [9.17, 15) is 0 Å². The summed E-state index contributed by atoms with van der Waals surface area (Å²) in [4.78, 5) is 1.00. The third-order valence-corrected chi connectivity index (χ3v) is 6.62. The van der Waals surface area contributed by atoms with E-state index >= 15 is 0 Å². The number of hydrogen-bond acceptors (Lipinski definition) is 2. The van der Waals surface area contributed by atoms with Crippen LogP contribution in [0.5, 0.6) is 0 Å². The van der Waals surface area contributed by atoms with E-state index in [-0.39, 0.29) is 12.7 Å². The lowest BCUT2D eigenvalue weighted by Gasteiger charge is -2.16. The SMILES string of the molecule is C.CSC(C(=S)c1ccccc1)c1ccccc1.c1ccc(CCc2ccccc2)cc1. The highest BCUT2D eigenvalue weighted by molar-refractivity contribution is 8.00. The Bertz CT molecular complexity index is 974. The van der Waals surface area contributed by atoms with Crippen molar-refractivity contribution in [2.75, 3.05) is 6.26 Å². The first kappa shape index (κ1) is 25.6. The smallest absolute Gasteiger partial charge is 0.0651 e. The summed E-state index contributed by atoms with van der Waals surface area (Å²) in [6.45, 7) is 0. The van der Waals surface area contributed by atoms with Gasteiger partial charge in [-0.15, -0.1) is 0 Å². The van der Waals surface area contributed by atoms with Gasteiger partial charge in [-0.05, 0) is 41.4 Å². The van der Waals surface area contributed by atoms with Crippen LogP contribution < -0.4 is 0 Å². The van der Waals surface area contributed by atoms with Gasteiger partial charge >= 0.3 is 0 Å². The normalized spacial score (nSPS) is 10.8. The summed E-state index contributed by atoms with van der Waals surface area (Å²) in [5.41, 5.74) is 5.24. The van der Waals surface area contributed by atoms with Gasteiger partial charge in [-0.25, -0.2) is 0 Å². The van der Waals surface area contributed by atoms with E-state index in [1.165, 1.54) is 16.7 Å². The number of thiocarbonyl (C=S) groups is 1. The first-order valence-corrected chi connectivity index (χ1v) is 12.2. The zero-order chi connectivity index (χ0) is 21.7. The van der Waals surface area contributed by atoms with Crippen LogP contribution in [-0.2, 0) is 12.8 Å². The van der Waals surface area contributed by atoms with Gasteiger partial charge in [0.15, 0.2) is 0 Å². The van der Waals surface area contributed by atoms with Crippen molar-refractivity contribution < 1.29 is 0 Å². The molecule has 4 aromatic carbocycles. The molecule has 1 atom stereocenters. The van der Waals surface area contributed by atoms with Gasteiger partial charge < -0.3 is 0 Å². The lowest BCUT2D eigenvalue weighted by molar-refractivity contribution is 0.960. The third kappa shape index (κ3) is 8.11. The van der Waals surface area contributed by atoms with E-state index in [4.69, 9.17) is 12.2 Å². The monoisotopic (exact) mass is 456 g/mol. The summed E-state index contributed by atoms with van der Waals surface area (Å²) in [7, 11) is 0. The van der Waals surface area contributed by atoms with Gasteiger partial charge in [0, 0.05) is 4.86 Å². The Kier molecular flexibility index (Phi) is 11.5. The molecule has 0 aromatic heterocycles. The van der Waals surface area contributed by atoms with Crippen LogP contribution >= 0.6 is 24.0 Å². The molecule has 0 amide bonds. The minimum Gasteiger partial charge on any atom is -0.151 e. The van der Waals surface area contributed by atoms with Crippen LogP contribution in [0.1, 0.15) is 34.9 Å². The molecular weight excluding hydrogens is 424 g/mol. The van der Waals surface area contributed by atoms with Crippen LogP contribution in [0.15, 0.2) is 121 Å². The number of aryl methyl sites for hydroxylation is 2. The highest BCUT2D eigenvalue weighted by atomic mass is 32.2. The van der Waals surface area contributed by atoms with Crippen molar-refractivity contribution in [1.29, 1.82) is 0 Å². The maximum Gasteiger partial charge on any atom is 0.0651 e. The van der Waals surface area contributed by atoms with Crippen LogP contribution in [0.4, 0.5) is 0 Å². The summed E-state index contributed by atoms with van der Waals surface area (Å²) in [5.74, 6) is 0. The van der Waals surface area contributed by atoms with Gasteiger partial charge in [-0.2, -0.15) is 11.8 Å². The van der Waals surface area contributed by atoms with E-state index in [1.54, 1.807) is 11.8 Å².